The van der Waals surface area contributed by atoms with Crippen LogP contribution in [0, 0.1) is 6.92 Å². The summed E-state index contributed by atoms with van der Waals surface area (Å²) in [4.78, 5) is 7.25. The van der Waals surface area contributed by atoms with Gasteiger partial charge in [-0.25, -0.2) is 0 Å². The number of nitrogens with one attached hydrogen (secondary N) is 2. The SMILES string of the molecule is CCCN1CCC(NC(=NCCn2cc(C)cn2)NCC)CC1.I. The third kappa shape index (κ3) is 7.38. The van der Waals surface area contributed by atoms with E-state index < -0.39 is 0 Å². The van der Waals surface area contributed by atoms with Gasteiger partial charge in [0.05, 0.1) is 19.3 Å². The summed E-state index contributed by atoms with van der Waals surface area (Å²) in [5, 5.41) is 11.2. The molecule has 0 spiro atoms. The summed E-state index contributed by atoms with van der Waals surface area (Å²) >= 11 is 0. The van der Waals surface area contributed by atoms with Gasteiger partial charge in [0.2, 0.25) is 0 Å². The highest BCUT2D eigenvalue weighted by molar-refractivity contribution is 14.0. The summed E-state index contributed by atoms with van der Waals surface area (Å²) in [5.74, 6) is 0.935. The van der Waals surface area contributed by atoms with Crippen molar-refractivity contribution >= 4 is 29.9 Å². The van der Waals surface area contributed by atoms with E-state index in [1.54, 1.807) is 0 Å². The topological polar surface area (TPSA) is 57.5 Å². The van der Waals surface area contributed by atoms with E-state index in [9.17, 15) is 0 Å². The maximum absolute atomic E-state index is 4.69. The van der Waals surface area contributed by atoms with Gasteiger partial charge in [0.25, 0.3) is 0 Å². The second-order valence-corrected chi connectivity index (χ2v) is 6.30. The van der Waals surface area contributed by atoms with E-state index in [1.807, 2.05) is 10.9 Å². The second kappa shape index (κ2) is 11.7. The zero-order chi connectivity index (χ0) is 16.5. The van der Waals surface area contributed by atoms with Gasteiger partial charge < -0.3 is 15.5 Å². The van der Waals surface area contributed by atoms with Crippen molar-refractivity contribution in [1.82, 2.24) is 25.3 Å². The number of hydrogen-bond donors (Lipinski definition) is 2. The Morgan fingerprint density at radius 2 is 2.04 bits per heavy atom. The van der Waals surface area contributed by atoms with Gasteiger partial charge in [-0.15, -0.1) is 24.0 Å². The van der Waals surface area contributed by atoms with Crippen LogP contribution in [0.5, 0.6) is 0 Å². The van der Waals surface area contributed by atoms with Crippen molar-refractivity contribution in [2.75, 3.05) is 32.7 Å². The molecule has 1 aliphatic rings. The van der Waals surface area contributed by atoms with Crippen LogP contribution in [0.3, 0.4) is 0 Å². The van der Waals surface area contributed by atoms with Crippen LogP contribution in [0.15, 0.2) is 17.4 Å². The molecule has 0 saturated carbocycles. The predicted molar refractivity (Wildman–Crippen MR) is 111 cm³/mol. The smallest absolute Gasteiger partial charge is 0.191 e. The molecule has 2 rings (SSSR count). The van der Waals surface area contributed by atoms with Crippen molar-refractivity contribution in [2.45, 2.75) is 52.6 Å². The van der Waals surface area contributed by atoms with E-state index >= 15 is 0 Å². The fourth-order valence-electron chi connectivity index (χ4n) is 2.98. The second-order valence-electron chi connectivity index (χ2n) is 6.30. The minimum absolute atomic E-state index is 0. The van der Waals surface area contributed by atoms with Gasteiger partial charge in [0.15, 0.2) is 5.96 Å². The maximum Gasteiger partial charge on any atom is 0.191 e. The van der Waals surface area contributed by atoms with Gasteiger partial charge in [-0.2, -0.15) is 5.10 Å². The molecule has 0 atom stereocenters. The first-order chi connectivity index (χ1) is 11.2. The Hall–Kier alpha value is -0.830. The zero-order valence-electron chi connectivity index (χ0n) is 15.3. The third-order valence-electron chi connectivity index (χ3n) is 4.17. The predicted octanol–water partition coefficient (Wildman–Crippen LogP) is 2.24. The maximum atomic E-state index is 4.69. The molecule has 0 amide bonds. The number of halogens is 1. The molecule has 1 aromatic rings. The number of hydrogen-bond acceptors (Lipinski definition) is 3. The summed E-state index contributed by atoms with van der Waals surface area (Å²) in [6.45, 7) is 12.5. The number of guanidine groups is 1. The molecule has 1 aliphatic heterocycles. The van der Waals surface area contributed by atoms with Crippen LogP contribution in [0.4, 0.5) is 0 Å². The van der Waals surface area contributed by atoms with Gasteiger partial charge in [-0.3, -0.25) is 9.67 Å². The number of nitrogens with zero attached hydrogens (tertiary/aromatic N) is 4. The van der Waals surface area contributed by atoms with Crippen molar-refractivity contribution in [3.05, 3.63) is 18.0 Å². The van der Waals surface area contributed by atoms with E-state index in [0.29, 0.717) is 6.04 Å². The van der Waals surface area contributed by atoms with Crippen LogP contribution in [0.25, 0.3) is 0 Å². The number of aryl methyl sites for hydroxylation is 1. The lowest BCUT2D eigenvalue weighted by Crippen LogP contribution is -2.48. The van der Waals surface area contributed by atoms with Crippen LogP contribution < -0.4 is 10.6 Å². The molecule has 0 aromatic carbocycles. The fraction of sp³-hybridized carbons (Fsp3) is 0.765. The van der Waals surface area contributed by atoms with E-state index in [1.165, 1.54) is 44.5 Å². The molecular formula is C17H33IN6. The highest BCUT2D eigenvalue weighted by atomic mass is 127. The van der Waals surface area contributed by atoms with Crippen molar-refractivity contribution in [2.24, 2.45) is 4.99 Å². The lowest BCUT2D eigenvalue weighted by molar-refractivity contribution is 0.206. The molecular weight excluding hydrogens is 415 g/mol. The summed E-state index contributed by atoms with van der Waals surface area (Å²) in [5.41, 5.74) is 1.19. The number of aromatic nitrogens is 2. The molecule has 0 aliphatic carbocycles. The summed E-state index contributed by atoms with van der Waals surface area (Å²) in [6, 6.07) is 0.535. The Morgan fingerprint density at radius 3 is 2.62 bits per heavy atom. The summed E-state index contributed by atoms with van der Waals surface area (Å²) < 4.78 is 1.95. The van der Waals surface area contributed by atoms with Crippen LogP contribution in [0.2, 0.25) is 0 Å². The highest BCUT2D eigenvalue weighted by Gasteiger charge is 2.19. The van der Waals surface area contributed by atoms with E-state index in [-0.39, 0.29) is 24.0 Å². The highest BCUT2D eigenvalue weighted by Crippen LogP contribution is 2.10. The minimum Gasteiger partial charge on any atom is -0.357 e. The van der Waals surface area contributed by atoms with Gasteiger partial charge in [-0.1, -0.05) is 6.92 Å². The molecule has 24 heavy (non-hydrogen) atoms. The van der Waals surface area contributed by atoms with Crippen LogP contribution in [-0.4, -0.2) is 59.4 Å². The van der Waals surface area contributed by atoms with E-state index in [2.05, 4.69) is 52.6 Å². The normalized spacial score (nSPS) is 16.7. The van der Waals surface area contributed by atoms with Crippen LogP contribution in [0.1, 0.15) is 38.7 Å². The molecule has 2 heterocycles. The average Bonchev–Trinajstić information content (AvgIpc) is 2.95. The van der Waals surface area contributed by atoms with Crippen LogP contribution in [-0.2, 0) is 6.54 Å². The molecule has 1 aromatic heterocycles. The van der Waals surface area contributed by atoms with Gasteiger partial charge in [0, 0.05) is 31.9 Å². The molecule has 7 heteroatoms. The Labute approximate surface area is 163 Å². The molecule has 0 radical (unpaired) electrons. The number of piperidine rings is 1. The van der Waals surface area contributed by atoms with Crippen molar-refractivity contribution < 1.29 is 0 Å². The molecule has 1 fully saturated rings. The first-order valence-corrected chi connectivity index (χ1v) is 8.97. The standard InChI is InChI=1S/C17H32N6.HI/c1-4-9-22-10-6-16(7-11-22)21-17(18-5-2)19-8-12-23-14-15(3)13-20-23;/h13-14,16H,4-12H2,1-3H3,(H2,18,19,21);1H. The molecule has 2 N–H and O–H groups in total. The first-order valence-electron chi connectivity index (χ1n) is 8.97. The Kier molecular flexibility index (Phi) is 10.3. The van der Waals surface area contributed by atoms with E-state index in [0.717, 1.165) is 25.6 Å². The Bertz CT molecular complexity index is 479. The molecule has 138 valence electrons. The lowest BCUT2D eigenvalue weighted by Gasteiger charge is -2.32. The van der Waals surface area contributed by atoms with E-state index in [4.69, 9.17) is 0 Å². The van der Waals surface area contributed by atoms with Crippen molar-refractivity contribution in [1.29, 1.82) is 0 Å². The van der Waals surface area contributed by atoms with Gasteiger partial charge in [-0.05, 0) is 45.2 Å². The summed E-state index contributed by atoms with van der Waals surface area (Å²) in [6.07, 6.45) is 7.58. The molecule has 0 unspecified atom stereocenters. The fourth-order valence-corrected chi connectivity index (χ4v) is 2.98. The Balaban J connectivity index is 0.00000288. The van der Waals surface area contributed by atoms with Crippen LogP contribution >= 0.6 is 24.0 Å². The monoisotopic (exact) mass is 448 g/mol. The molecule has 0 bridgehead atoms. The molecule has 1 saturated heterocycles. The van der Waals surface area contributed by atoms with Crippen molar-refractivity contribution in [3.63, 3.8) is 0 Å². The number of likely N-dealkylation sites (tertiary alicyclic amines) is 1. The van der Waals surface area contributed by atoms with Gasteiger partial charge in [0.1, 0.15) is 0 Å². The quantitative estimate of drug-likeness (QED) is 0.382. The molecule has 6 nitrogen and oxygen atoms in total. The first kappa shape index (κ1) is 21.2. The number of aliphatic imine (C=N–C) groups is 1. The summed E-state index contributed by atoms with van der Waals surface area (Å²) in [7, 11) is 0. The zero-order valence-corrected chi connectivity index (χ0v) is 17.6. The van der Waals surface area contributed by atoms with Crippen molar-refractivity contribution in [3.8, 4) is 0 Å². The van der Waals surface area contributed by atoms with Gasteiger partial charge >= 0.3 is 0 Å². The lowest BCUT2D eigenvalue weighted by atomic mass is 10.1. The average molecular weight is 448 g/mol. The minimum atomic E-state index is 0. The largest absolute Gasteiger partial charge is 0.357 e. The Morgan fingerprint density at radius 1 is 1.29 bits per heavy atom. The number of rotatable bonds is 7. The third-order valence-corrected chi connectivity index (χ3v) is 4.17.